The lowest BCUT2D eigenvalue weighted by Crippen LogP contribution is -2.03. The molecular weight excluding hydrogens is 244 g/mol. The molecule has 3 rings (SSSR count). The molecule has 2 aromatic carbocycles. The van der Waals surface area contributed by atoms with Gasteiger partial charge in [0.1, 0.15) is 0 Å². The van der Waals surface area contributed by atoms with Crippen molar-refractivity contribution < 1.29 is 4.79 Å². The molecule has 0 aromatic heterocycles. The zero-order valence-corrected chi connectivity index (χ0v) is 11.7. The third-order valence-electron chi connectivity index (χ3n) is 3.93. The molecule has 1 heteroatoms. The van der Waals surface area contributed by atoms with Crippen molar-refractivity contribution in [1.29, 1.82) is 0 Å². The molecule has 0 saturated carbocycles. The number of aryl methyl sites for hydroxylation is 1. The number of ketones is 1. The van der Waals surface area contributed by atoms with Gasteiger partial charge in [0.2, 0.25) is 0 Å². The zero-order valence-electron chi connectivity index (χ0n) is 11.7. The van der Waals surface area contributed by atoms with Crippen molar-refractivity contribution in [1.82, 2.24) is 0 Å². The fourth-order valence-electron chi connectivity index (χ4n) is 2.94. The van der Waals surface area contributed by atoms with Gasteiger partial charge in [0.15, 0.2) is 5.78 Å². The first-order valence-electron chi connectivity index (χ1n) is 7.11. The van der Waals surface area contributed by atoms with Crippen LogP contribution in [-0.4, -0.2) is 5.78 Å². The molecule has 2 aromatic rings. The number of benzene rings is 2. The van der Waals surface area contributed by atoms with E-state index in [2.05, 4.69) is 31.2 Å². The smallest absolute Gasteiger partial charge is 0.163 e. The van der Waals surface area contributed by atoms with E-state index in [0.29, 0.717) is 6.42 Å². The molecule has 0 N–H and O–H groups in total. The first-order valence-corrected chi connectivity index (χ1v) is 7.11. The van der Waals surface area contributed by atoms with Crippen LogP contribution in [0.25, 0.3) is 5.57 Å². The van der Waals surface area contributed by atoms with Crippen molar-refractivity contribution in [3.8, 4) is 0 Å². The van der Waals surface area contributed by atoms with Gasteiger partial charge in [-0.05, 0) is 36.5 Å². The Kier molecular flexibility index (Phi) is 3.51. The molecule has 1 aliphatic carbocycles. The van der Waals surface area contributed by atoms with Gasteiger partial charge >= 0.3 is 0 Å². The summed E-state index contributed by atoms with van der Waals surface area (Å²) in [4.78, 5) is 12.5. The average Bonchev–Trinajstić information content (AvgIpc) is 2.82. The maximum Gasteiger partial charge on any atom is 0.163 e. The van der Waals surface area contributed by atoms with Gasteiger partial charge in [0.05, 0.1) is 0 Å². The lowest BCUT2D eigenvalue weighted by molar-refractivity contribution is -0.113. The number of allylic oxidation sites excluding steroid dienone is 2. The van der Waals surface area contributed by atoms with Crippen LogP contribution in [0.3, 0.4) is 0 Å². The molecule has 0 aliphatic heterocycles. The lowest BCUT2D eigenvalue weighted by Gasteiger charge is -2.06. The highest BCUT2D eigenvalue weighted by Crippen LogP contribution is 2.33. The molecular formula is C19H18O. The van der Waals surface area contributed by atoms with Crippen molar-refractivity contribution in [3.63, 3.8) is 0 Å². The molecule has 0 fully saturated rings. The number of hydrogen-bond donors (Lipinski definition) is 0. The molecule has 0 spiro atoms. The summed E-state index contributed by atoms with van der Waals surface area (Å²) in [6, 6.07) is 18.5. The summed E-state index contributed by atoms with van der Waals surface area (Å²) in [6.45, 7) is 2.08. The molecule has 0 heterocycles. The van der Waals surface area contributed by atoms with Crippen molar-refractivity contribution in [2.45, 2.75) is 26.2 Å². The quantitative estimate of drug-likeness (QED) is 0.806. The monoisotopic (exact) mass is 262 g/mol. The minimum Gasteiger partial charge on any atom is -0.294 e. The van der Waals surface area contributed by atoms with Gasteiger partial charge in [-0.1, -0.05) is 60.2 Å². The molecule has 1 aliphatic rings. The first kappa shape index (κ1) is 12.9. The van der Waals surface area contributed by atoms with E-state index in [1.54, 1.807) is 0 Å². The van der Waals surface area contributed by atoms with E-state index >= 15 is 0 Å². The second-order valence-electron chi connectivity index (χ2n) is 5.40. The Morgan fingerprint density at radius 1 is 1.00 bits per heavy atom. The predicted molar refractivity (Wildman–Crippen MR) is 82.5 cm³/mol. The molecule has 0 bridgehead atoms. The Morgan fingerprint density at radius 3 is 2.50 bits per heavy atom. The van der Waals surface area contributed by atoms with Crippen LogP contribution in [0.2, 0.25) is 0 Å². The Labute approximate surface area is 120 Å². The summed E-state index contributed by atoms with van der Waals surface area (Å²) >= 11 is 0. The van der Waals surface area contributed by atoms with Gasteiger partial charge in [-0.25, -0.2) is 0 Å². The molecule has 20 heavy (non-hydrogen) atoms. The summed E-state index contributed by atoms with van der Waals surface area (Å²) in [7, 11) is 0. The maximum absolute atomic E-state index is 12.5. The summed E-state index contributed by atoms with van der Waals surface area (Å²) in [5.41, 5.74) is 5.82. The minimum atomic E-state index is 0.274. The number of carbonyl (C=O) groups excluding carboxylic acids is 1. The van der Waals surface area contributed by atoms with Crippen LogP contribution in [0.1, 0.15) is 30.0 Å². The van der Waals surface area contributed by atoms with Crippen LogP contribution in [0.15, 0.2) is 60.2 Å². The minimum absolute atomic E-state index is 0.274. The zero-order chi connectivity index (χ0) is 13.9. The van der Waals surface area contributed by atoms with E-state index in [4.69, 9.17) is 0 Å². The Bertz CT molecular complexity index is 665. The third kappa shape index (κ3) is 2.44. The SMILES string of the molecule is CC1=C(C(=O)CCc2ccccc2)c2ccccc2C1. The molecule has 0 atom stereocenters. The van der Waals surface area contributed by atoms with Crippen LogP contribution in [0.5, 0.6) is 0 Å². The van der Waals surface area contributed by atoms with E-state index in [1.807, 2.05) is 30.3 Å². The van der Waals surface area contributed by atoms with Gasteiger partial charge in [-0.3, -0.25) is 4.79 Å². The van der Waals surface area contributed by atoms with Crippen molar-refractivity contribution in [3.05, 3.63) is 76.9 Å². The fourth-order valence-corrected chi connectivity index (χ4v) is 2.94. The van der Waals surface area contributed by atoms with E-state index < -0.39 is 0 Å². The maximum atomic E-state index is 12.5. The van der Waals surface area contributed by atoms with Crippen LogP contribution in [-0.2, 0) is 17.6 Å². The van der Waals surface area contributed by atoms with Crippen LogP contribution < -0.4 is 0 Å². The number of Topliss-reactive ketones (excluding diaryl/α,β-unsaturated/α-hetero) is 1. The van der Waals surface area contributed by atoms with Crippen molar-refractivity contribution >= 4 is 11.4 Å². The second-order valence-corrected chi connectivity index (χ2v) is 5.40. The fraction of sp³-hybridized carbons (Fsp3) is 0.211. The molecule has 1 nitrogen and oxygen atoms in total. The van der Waals surface area contributed by atoms with Crippen LogP contribution in [0, 0.1) is 0 Å². The van der Waals surface area contributed by atoms with Gasteiger partial charge in [0.25, 0.3) is 0 Å². The second kappa shape index (κ2) is 5.46. The van der Waals surface area contributed by atoms with Gasteiger partial charge in [-0.2, -0.15) is 0 Å². The topological polar surface area (TPSA) is 17.1 Å². The summed E-state index contributed by atoms with van der Waals surface area (Å²) in [5.74, 6) is 0.274. The van der Waals surface area contributed by atoms with E-state index in [9.17, 15) is 4.79 Å². The normalized spacial score (nSPS) is 13.4. The average molecular weight is 262 g/mol. The molecule has 0 radical (unpaired) electrons. The van der Waals surface area contributed by atoms with Crippen molar-refractivity contribution in [2.24, 2.45) is 0 Å². The molecule has 100 valence electrons. The molecule has 0 unspecified atom stereocenters. The highest BCUT2D eigenvalue weighted by atomic mass is 16.1. The lowest BCUT2D eigenvalue weighted by atomic mass is 9.97. The Balaban J connectivity index is 1.76. The van der Waals surface area contributed by atoms with Crippen LogP contribution in [0.4, 0.5) is 0 Å². The van der Waals surface area contributed by atoms with Gasteiger partial charge in [0, 0.05) is 12.0 Å². The van der Waals surface area contributed by atoms with Crippen molar-refractivity contribution in [2.75, 3.05) is 0 Å². The number of fused-ring (bicyclic) bond motifs is 1. The number of hydrogen-bond acceptors (Lipinski definition) is 1. The number of carbonyl (C=O) groups is 1. The molecule has 0 amide bonds. The largest absolute Gasteiger partial charge is 0.294 e. The third-order valence-corrected chi connectivity index (χ3v) is 3.93. The number of rotatable bonds is 4. The van der Waals surface area contributed by atoms with E-state index in [0.717, 1.165) is 24.0 Å². The van der Waals surface area contributed by atoms with E-state index in [1.165, 1.54) is 16.7 Å². The van der Waals surface area contributed by atoms with E-state index in [-0.39, 0.29) is 5.78 Å². The van der Waals surface area contributed by atoms with Crippen LogP contribution >= 0.6 is 0 Å². The summed E-state index contributed by atoms with van der Waals surface area (Å²) in [6.07, 6.45) is 2.33. The standard InChI is InChI=1S/C19H18O/c1-14-13-16-9-5-6-10-17(16)19(14)18(20)12-11-15-7-3-2-4-8-15/h2-10H,11-13H2,1H3. The van der Waals surface area contributed by atoms with Gasteiger partial charge in [-0.15, -0.1) is 0 Å². The molecule has 0 saturated heterocycles. The van der Waals surface area contributed by atoms with Gasteiger partial charge < -0.3 is 0 Å². The first-order chi connectivity index (χ1) is 9.75. The highest BCUT2D eigenvalue weighted by molar-refractivity contribution is 6.23. The highest BCUT2D eigenvalue weighted by Gasteiger charge is 2.23. The Hall–Kier alpha value is -2.15. The predicted octanol–water partition coefficient (Wildman–Crippen LogP) is 4.22. The summed E-state index contributed by atoms with van der Waals surface area (Å²) in [5, 5.41) is 0. The Morgan fingerprint density at radius 2 is 1.70 bits per heavy atom. The summed E-state index contributed by atoms with van der Waals surface area (Å²) < 4.78 is 0.